The van der Waals surface area contributed by atoms with Gasteiger partial charge in [0.2, 0.25) is 0 Å². The smallest absolute Gasteiger partial charge is 0.305 e. The van der Waals surface area contributed by atoms with E-state index in [0.717, 1.165) is 43.4 Å². The minimum atomic E-state index is -4.74. The molecule has 1 unspecified atom stereocenters. The van der Waals surface area contributed by atoms with Crippen LogP contribution < -0.4 is 0 Å². The first-order chi connectivity index (χ1) is 16.4. The number of ketones is 1. The molecule has 35 heavy (non-hydrogen) atoms. The van der Waals surface area contributed by atoms with E-state index in [1.54, 1.807) is 0 Å². The van der Waals surface area contributed by atoms with Gasteiger partial charge in [-0.05, 0) is 85.9 Å². The van der Waals surface area contributed by atoms with E-state index in [-0.39, 0.29) is 36.0 Å². The number of fused-ring (bicyclic) bond motifs is 1. The predicted molar refractivity (Wildman–Crippen MR) is 126 cm³/mol. The summed E-state index contributed by atoms with van der Waals surface area (Å²) in [5.41, 5.74) is 2.68. The van der Waals surface area contributed by atoms with Gasteiger partial charge in [-0.1, -0.05) is 24.1 Å². The lowest BCUT2D eigenvalue weighted by Crippen LogP contribution is -2.16. The monoisotopic (exact) mass is 491 g/mol. The van der Waals surface area contributed by atoms with Crippen molar-refractivity contribution < 1.29 is 26.7 Å². The van der Waals surface area contributed by atoms with E-state index in [2.05, 4.69) is 12.2 Å². The second-order valence-electron chi connectivity index (χ2n) is 10.2. The number of Topliss-reactive ketones (excluding diaryl/α,β-unsaturated/α-hetero) is 1. The number of rotatable bonds is 8. The Hall–Kier alpha value is -2.57. The molecule has 0 aromatic heterocycles. The van der Waals surface area contributed by atoms with Gasteiger partial charge in [0.15, 0.2) is 0 Å². The molecule has 1 aromatic carbocycles. The van der Waals surface area contributed by atoms with Crippen LogP contribution in [-0.2, 0) is 23.3 Å². The molecule has 1 aromatic rings. The first-order valence-electron chi connectivity index (χ1n) is 12.2. The summed E-state index contributed by atoms with van der Waals surface area (Å²) in [5, 5.41) is 8.38. The Morgan fingerprint density at radius 1 is 1.06 bits per heavy atom. The van der Waals surface area contributed by atoms with Crippen molar-refractivity contribution in [3.05, 3.63) is 69.8 Å². The largest absolute Gasteiger partial charge is 0.416 e. The van der Waals surface area contributed by atoms with E-state index >= 15 is 0 Å². The molecule has 0 radical (unpaired) electrons. The van der Waals surface area contributed by atoms with E-state index in [0.29, 0.717) is 38.0 Å². The molecule has 0 saturated heterocycles. The van der Waals surface area contributed by atoms with Crippen molar-refractivity contribution in [2.75, 3.05) is 0 Å². The first-order valence-corrected chi connectivity index (χ1v) is 12.2. The van der Waals surface area contributed by atoms with E-state index in [9.17, 15) is 26.7 Å². The zero-order chi connectivity index (χ0) is 25.4. The molecule has 2 fully saturated rings. The zero-order valence-electron chi connectivity index (χ0n) is 19.8. The Morgan fingerprint density at radius 3 is 2.40 bits per heavy atom. The van der Waals surface area contributed by atoms with Crippen LogP contribution >= 0.6 is 0 Å². The summed E-state index contributed by atoms with van der Waals surface area (Å²) in [6, 6.07) is 2.41. The van der Waals surface area contributed by atoms with E-state index < -0.39 is 23.2 Å². The number of allylic oxidation sites excluding steroid dienone is 6. The van der Waals surface area contributed by atoms with Crippen molar-refractivity contribution in [3.63, 3.8) is 0 Å². The standard InChI is InChI=1S/C28H30F5NO/c1-27(29,30)23-11-18(12-24(16-23)28(31,32)33)6-7-26(35)20-5-3-2-4-17(8-20)13-25(34)14-19-9-21-15-22(21)10-19/h9-13,16,19-20,34H,2-8,14-15H2,1H3/b17-13+,34-25?. The highest BCUT2D eigenvalue weighted by Gasteiger charge is 2.34. The fourth-order valence-corrected chi connectivity index (χ4v) is 5.13. The highest BCUT2D eigenvalue weighted by atomic mass is 19.4. The van der Waals surface area contributed by atoms with Crippen LogP contribution in [0.2, 0.25) is 0 Å². The van der Waals surface area contributed by atoms with Crippen molar-refractivity contribution in [2.45, 2.75) is 76.8 Å². The second kappa shape index (κ2) is 9.82. The van der Waals surface area contributed by atoms with Gasteiger partial charge in [0.05, 0.1) is 5.56 Å². The molecular weight excluding hydrogens is 461 g/mol. The van der Waals surface area contributed by atoms with Crippen LogP contribution in [0.15, 0.2) is 53.1 Å². The summed E-state index contributed by atoms with van der Waals surface area (Å²) in [6.07, 6.45) is 7.21. The maximum Gasteiger partial charge on any atom is 0.416 e. The van der Waals surface area contributed by atoms with Crippen molar-refractivity contribution in [3.8, 4) is 0 Å². The Labute approximate surface area is 202 Å². The van der Waals surface area contributed by atoms with E-state index in [1.165, 1.54) is 11.1 Å². The fraction of sp³-hybridized carbons (Fsp3) is 0.500. The lowest BCUT2D eigenvalue weighted by Gasteiger charge is -2.17. The molecule has 4 rings (SSSR count). The Bertz CT molecular complexity index is 1050. The van der Waals surface area contributed by atoms with Crippen LogP contribution in [-0.4, -0.2) is 11.5 Å². The summed E-state index contributed by atoms with van der Waals surface area (Å²) in [4.78, 5) is 13.0. The van der Waals surface area contributed by atoms with Gasteiger partial charge in [0.1, 0.15) is 5.78 Å². The summed E-state index contributed by atoms with van der Waals surface area (Å²) in [5.74, 6) is -3.43. The van der Waals surface area contributed by atoms with Gasteiger partial charge in [-0.15, -0.1) is 0 Å². The van der Waals surface area contributed by atoms with Crippen molar-refractivity contribution in [1.82, 2.24) is 0 Å². The molecular formula is C28H30F5NO. The number of nitrogens with one attached hydrogen (secondary N) is 1. The third-order valence-electron chi connectivity index (χ3n) is 7.08. The molecule has 1 N–H and O–H groups in total. The number of alkyl halides is 5. The number of benzene rings is 1. The lowest BCUT2D eigenvalue weighted by molar-refractivity contribution is -0.137. The Kier molecular flexibility index (Phi) is 7.16. The van der Waals surface area contributed by atoms with Gasteiger partial charge in [-0.3, -0.25) is 4.79 Å². The van der Waals surface area contributed by atoms with Crippen molar-refractivity contribution in [2.24, 2.45) is 11.8 Å². The molecule has 0 amide bonds. The molecule has 0 spiro atoms. The average Bonchev–Trinajstić information content (AvgIpc) is 3.44. The Morgan fingerprint density at radius 2 is 1.74 bits per heavy atom. The summed E-state index contributed by atoms with van der Waals surface area (Å²) >= 11 is 0. The SMILES string of the molecule is CC(F)(F)c1cc(CCC(=O)C2CCCC/C(=C\C(=N)CC3C=C4CC4=C3)C2)cc(C(F)(F)F)c1. The molecule has 7 heteroatoms. The summed E-state index contributed by atoms with van der Waals surface area (Å²) in [7, 11) is 0. The van der Waals surface area contributed by atoms with Crippen LogP contribution in [0.3, 0.4) is 0 Å². The van der Waals surface area contributed by atoms with Gasteiger partial charge in [-0.2, -0.15) is 13.2 Å². The number of halogens is 5. The molecule has 0 heterocycles. The maximum atomic E-state index is 13.8. The molecule has 2 saturated carbocycles. The van der Waals surface area contributed by atoms with Crippen molar-refractivity contribution >= 4 is 11.5 Å². The molecule has 0 aliphatic heterocycles. The van der Waals surface area contributed by atoms with Crippen molar-refractivity contribution in [1.29, 1.82) is 5.41 Å². The summed E-state index contributed by atoms with van der Waals surface area (Å²) in [6.45, 7) is 0.567. The van der Waals surface area contributed by atoms with Crippen LogP contribution in [0.4, 0.5) is 22.0 Å². The number of hydrogen-bond donors (Lipinski definition) is 1. The minimum Gasteiger partial charge on any atom is -0.305 e. The van der Waals surface area contributed by atoms with Crippen LogP contribution in [0.5, 0.6) is 0 Å². The highest BCUT2D eigenvalue weighted by molar-refractivity contribution is 5.93. The number of carbonyl (C=O) groups excluding carboxylic acids is 1. The minimum absolute atomic E-state index is 0.00858. The molecule has 188 valence electrons. The van der Waals surface area contributed by atoms with E-state index in [4.69, 9.17) is 5.41 Å². The van der Waals surface area contributed by atoms with Gasteiger partial charge in [0, 0.05) is 36.5 Å². The average molecular weight is 492 g/mol. The zero-order valence-corrected chi connectivity index (χ0v) is 19.8. The molecule has 3 aliphatic carbocycles. The van der Waals surface area contributed by atoms with Crippen LogP contribution in [0.1, 0.15) is 75.0 Å². The number of carbonyl (C=O) groups is 1. The highest BCUT2D eigenvalue weighted by Crippen LogP contribution is 2.44. The number of aryl methyl sites for hydroxylation is 1. The third kappa shape index (κ3) is 6.77. The van der Waals surface area contributed by atoms with E-state index in [1.807, 2.05) is 6.08 Å². The maximum absolute atomic E-state index is 13.8. The van der Waals surface area contributed by atoms with Gasteiger partial charge in [0.25, 0.3) is 5.92 Å². The quantitative estimate of drug-likeness (QED) is 0.223. The lowest BCUT2D eigenvalue weighted by atomic mass is 9.89. The van der Waals surface area contributed by atoms with Crippen LogP contribution in [0.25, 0.3) is 0 Å². The third-order valence-corrected chi connectivity index (χ3v) is 7.08. The normalized spacial score (nSPS) is 21.9. The second-order valence-corrected chi connectivity index (χ2v) is 10.2. The van der Waals surface area contributed by atoms with Gasteiger partial charge >= 0.3 is 6.18 Å². The molecule has 2 nitrogen and oxygen atoms in total. The topological polar surface area (TPSA) is 40.9 Å². The fourth-order valence-electron chi connectivity index (χ4n) is 5.13. The molecule has 3 aliphatic rings. The molecule has 1 atom stereocenters. The predicted octanol–water partition coefficient (Wildman–Crippen LogP) is 8.12. The summed E-state index contributed by atoms with van der Waals surface area (Å²) < 4.78 is 67.2. The first kappa shape index (κ1) is 25.5. The Balaban J connectivity index is 1.39. The number of hydrogen-bond acceptors (Lipinski definition) is 2. The van der Waals surface area contributed by atoms with Gasteiger partial charge in [-0.25, -0.2) is 8.78 Å². The van der Waals surface area contributed by atoms with Gasteiger partial charge < -0.3 is 5.41 Å². The molecule has 0 bridgehead atoms. The van der Waals surface area contributed by atoms with Crippen LogP contribution in [0, 0.1) is 17.2 Å².